The molecule has 0 aliphatic heterocycles. The van der Waals surface area contributed by atoms with Crippen LogP contribution in [0.4, 0.5) is 5.95 Å². The number of hydrazone groups is 1. The molecule has 1 fully saturated rings. The van der Waals surface area contributed by atoms with E-state index < -0.39 is 0 Å². The van der Waals surface area contributed by atoms with Crippen LogP contribution >= 0.6 is 0 Å². The minimum Gasteiger partial charge on any atom is -0.288 e. The van der Waals surface area contributed by atoms with Crippen LogP contribution in [-0.2, 0) is 0 Å². The SMILES string of the molecule is Cc1nnc(N/N=C2/CCCC[C@@H]2C)[nH]c1=O. The van der Waals surface area contributed by atoms with Gasteiger partial charge in [0.15, 0.2) is 0 Å². The van der Waals surface area contributed by atoms with Crippen LogP contribution in [-0.4, -0.2) is 20.9 Å². The lowest BCUT2D eigenvalue weighted by atomic mass is 9.89. The first-order chi connectivity index (χ1) is 8.16. The maximum absolute atomic E-state index is 11.3. The van der Waals surface area contributed by atoms with E-state index in [9.17, 15) is 4.79 Å². The van der Waals surface area contributed by atoms with Gasteiger partial charge in [-0.1, -0.05) is 13.3 Å². The number of nitrogens with one attached hydrogen (secondary N) is 2. The van der Waals surface area contributed by atoms with E-state index >= 15 is 0 Å². The molecule has 0 amide bonds. The van der Waals surface area contributed by atoms with Crippen molar-refractivity contribution in [1.29, 1.82) is 0 Å². The molecule has 0 unspecified atom stereocenters. The van der Waals surface area contributed by atoms with Gasteiger partial charge in [0, 0.05) is 5.71 Å². The van der Waals surface area contributed by atoms with Crippen LogP contribution in [0.5, 0.6) is 0 Å². The zero-order valence-corrected chi connectivity index (χ0v) is 10.2. The number of rotatable bonds is 2. The molecule has 17 heavy (non-hydrogen) atoms. The zero-order valence-electron chi connectivity index (χ0n) is 10.2. The van der Waals surface area contributed by atoms with Gasteiger partial charge < -0.3 is 0 Å². The zero-order chi connectivity index (χ0) is 12.3. The second-order valence-electron chi connectivity index (χ2n) is 4.45. The Morgan fingerprint density at radius 2 is 2.24 bits per heavy atom. The Kier molecular flexibility index (Phi) is 3.51. The van der Waals surface area contributed by atoms with E-state index in [2.05, 4.69) is 32.6 Å². The maximum atomic E-state index is 11.3. The van der Waals surface area contributed by atoms with Gasteiger partial charge in [0.25, 0.3) is 5.56 Å². The Labute approximate surface area is 99.5 Å². The topological polar surface area (TPSA) is 83.0 Å². The molecule has 1 heterocycles. The number of anilines is 1. The highest BCUT2D eigenvalue weighted by molar-refractivity contribution is 5.87. The van der Waals surface area contributed by atoms with Gasteiger partial charge in [0.1, 0.15) is 5.69 Å². The molecule has 92 valence electrons. The van der Waals surface area contributed by atoms with E-state index in [1.807, 2.05) is 0 Å². The van der Waals surface area contributed by atoms with E-state index in [1.165, 1.54) is 19.3 Å². The van der Waals surface area contributed by atoms with Gasteiger partial charge in [-0.2, -0.15) is 5.10 Å². The summed E-state index contributed by atoms with van der Waals surface area (Å²) in [7, 11) is 0. The molecule has 1 aromatic rings. The third-order valence-corrected chi connectivity index (χ3v) is 3.05. The Morgan fingerprint density at radius 3 is 2.94 bits per heavy atom. The van der Waals surface area contributed by atoms with Crippen LogP contribution in [0.2, 0.25) is 0 Å². The van der Waals surface area contributed by atoms with E-state index in [0.29, 0.717) is 17.6 Å². The molecule has 6 heteroatoms. The van der Waals surface area contributed by atoms with Crippen molar-refractivity contribution in [3.8, 4) is 0 Å². The van der Waals surface area contributed by atoms with E-state index in [-0.39, 0.29) is 5.56 Å². The summed E-state index contributed by atoms with van der Waals surface area (Å²) >= 11 is 0. The molecule has 1 aliphatic rings. The summed E-state index contributed by atoms with van der Waals surface area (Å²) in [6, 6.07) is 0. The average Bonchev–Trinajstić information content (AvgIpc) is 2.32. The van der Waals surface area contributed by atoms with Crippen LogP contribution in [0.25, 0.3) is 0 Å². The fourth-order valence-corrected chi connectivity index (χ4v) is 1.90. The number of aryl methyl sites for hydroxylation is 1. The predicted molar refractivity (Wildman–Crippen MR) is 66.1 cm³/mol. The summed E-state index contributed by atoms with van der Waals surface area (Å²) in [6.07, 6.45) is 4.64. The summed E-state index contributed by atoms with van der Waals surface area (Å²) in [6.45, 7) is 3.79. The van der Waals surface area contributed by atoms with Gasteiger partial charge in [-0.25, -0.2) is 5.43 Å². The number of H-pyrrole nitrogens is 1. The van der Waals surface area contributed by atoms with Crippen molar-refractivity contribution < 1.29 is 0 Å². The number of nitrogens with zero attached hydrogens (tertiary/aromatic N) is 3. The molecule has 1 aliphatic carbocycles. The Bertz CT molecular complexity index is 479. The monoisotopic (exact) mass is 235 g/mol. The second-order valence-corrected chi connectivity index (χ2v) is 4.45. The smallest absolute Gasteiger partial charge is 0.274 e. The first kappa shape index (κ1) is 11.8. The third-order valence-electron chi connectivity index (χ3n) is 3.05. The molecule has 2 N–H and O–H groups in total. The largest absolute Gasteiger partial charge is 0.288 e. The number of aromatic amines is 1. The standard InChI is InChI=1S/C11H17N5O/c1-7-5-3-4-6-9(7)14-16-11-12-10(17)8(2)13-15-11/h7H,3-6H2,1-2H3,(H2,12,15,16,17)/b14-9-/t7-/m0/s1. The molecule has 1 saturated carbocycles. The molecule has 2 rings (SSSR count). The van der Waals surface area contributed by atoms with Crippen LogP contribution < -0.4 is 11.0 Å². The highest BCUT2D eigenvalue weighted by Crippen LogP contribution is 2.20. The molecule has 0 radical (unpaired) electrons. The number of hydrogen-bond donors (Lipinski definition) is 2. The first-order valence-corrected chi connectivity index (χ1v) is 5.93. The highest BCUT2D eigenvalue weighted by Gasteiger charge is 2.15. The van der Waals surface area contributed by atoms with Crippen molar-refractivity contribution in [2.24, 2.45) is 11.0 Å². The Hall–Kier alpha value is -1.72. The van der Waals surface area contributed by atoms with Crippen LogP contribution in [0, 0.1) is 12.8 Å². The number of hydrogen-bond acceptors (Lipinski definition) is 5. The van der Waals surface area contributed by atoms with Crippen molar-refractivity contribution in [2.75, 3.05) is 5.43 Å². The van der Waals surface area contributed by atoms with E-state index in [0.717, 1.165) is 12.1 Å². The predicted octanol–water partition coefficient (Wildman–Crippen LogP) is 1.45. The molecule has 1 atom stereocenters. The average molecular weight is 235 g/mol. The van der Waals surface area contributed by atoms with Crippen LogP contribution in [0.3, 0.4) is 0 Å². The maximum Gasteiger partial charge on any atom is 0.274 e. The minimum atomic E-state index is -0.237. The highest BCUT2D eigenvalue weighted by atomic mass is 16.1. The Morgan fingerprint density at radius 1 is 1.41 bits per heavy atom. The van der Waals surface area contributed by atoms with Gasteiger partial charge >= 0.3 is 0 Å². The fraction of sp³-hybridized carbons (Fsp3) is 0.636. The molecule has 1 aromatic heterocycles. The second kappa shape index (κ2) is 5.07. The summed E-state index contributed by atoms with van der Waals surface area (Å²) in [5.74, 6) is 0.798. The van der Waals surface area contributed by atoms with E-state index in [1.54, 1.807) is 6.92 Å². The minimum absolute atomic E-state index is 0.237. The third kappa shape index (κ3) is 2.89. The van der Waals surface area contributed by atoms with Gasteiger partial charge in [0.2, 0.25) is 5.95 Å². The molecular formula is C11H17N5O. The normalized spacial score (nSPS) is 22.7. The first-order valence-electron chi connectivity index (χ1n) is 5.93. The van der Waals surface area contributed by atoms with Crippen molar-refractivity contribution >= 4 is 11.7 Å². The number of aromatic nitrogens is 3. The molecule has 0 bridgehead atoms. The van der Waals surface area contributed by atoms with Gasteiger partial charge in [-0.15, -0.1) is 10.2 Å². The van der Waals surface area contributed by atoms with Crippen molar-refractivity contribution in [3.05, 3.63) is 16.0 Å². The molecule has 6 nitrogen and oxygen atoms in total. The van der Waals surface area contributed by atoms with Gasteiger partial charge in [-0.05, 0) is 32.1 Å². The summed E-state index contributed by atoms with van der Waals surface area (Å²) in [4.78, 5) is 13.9. The lowest BCUT2D eigenvalue weighted by Gasteiger charge is -2.19. The van der Waals surface area contributed by atoms with Gasteiger partial charge in [0.05, 0.1) is 0 Å². The van der Waals surface area contributed by atoms with Crippen molar-refractivity contribution in [3.63, 3.8) is 0 Å². The van der Waals surface area contributed by atoms with Crippen molar-refractivity contribution in [2.45, 2.75) is 39.5 Å². The lowest BCUT2D eigenvalue weighted by Crippen LogP contribution is -2.19. The van der Waals surface area contributed by atoms with Crippen LogP contribution in [0.15, 0.2) is 9.90 Å². The van der Waals surface area contributed by atoms with Crippen LogP contribution in [0.1, 0.15) is 38.3 Å². The molecule has 0 aromatic carbocycles. The van der Waals surface area contributed by atoms with E-state index in [4.69, 9.17) is 0 Å². The Balaban J connectivity index is 2.08. The molecule has 0 spiro atoms. The lowest BCUT2D eigenvalue weighted by molar-refractivity contribution is 0.558. The van der Waals surface area contributed by atoms with Gasteiger partial charge in [-0.3, -0.25) is 9.78 Å². The fourth-order valence-electron chi connectivity index (χ4n) is 1.90. The molecular weight excluding hydrogens is 218 g/mol. The summed E-state index contributed by atoms with van der Waals surface area (Å²) in [5.41, 5.74) is 4.03. The quantitative estimate of drug-likeness (QED) is 0.760. The molecule has 0 saturated heterocycles. The summed E-state index contributed by atoms with van der Waals surface area (Å²) < 4.78 is 0. The van der Waals surface area contributed by atoms with Crippen molar-refractivity contribution in [1.82, 2.24) is 15.2 Å². The summed E-state index contributed by atoms with van der Waals surface area (Å²) in [5, 5.41) is 11.9.